The first-order valence-corrected chi connectivity index (χ1v) is 5.28. The smallest absolute Gasteiger partial charge is 0.377 e. The lowest BCUT2D eigenvalue weighted by atomic mass is 10.2. The summed E-state index contributed by atoms with van der Waals surface area (Å²) >= 11 is 0. The van der Waals surface area contributed by atoms with Crippen LogP contribution in [0.3, 0.4) is 0 Å². The summed E-state index contributed by atoms with van der Waals surface area (Å²) in [5.41, 5.74) is 0. The molecule has 0 aliphatic rings. The lowest BCUT2D eigenvalue weighted by Crippen LogP contribution is -2.33. The summed E-state index contributed by atoms with van der Waals surface area (Å²) in [6.07, 6.45) is -3.63. The lowest BCUT2D eigenvalue weighted by molar-refractivity contribution is -0.174. The Kier molecular flexibility index (Phi) is 7.70. The molecule has 0 spiro atoms. The van der Waals surface area contributed by atoms with Crippen LogP contribution in [0.5, 0.6) is 0 Å². The SMILES string of the molecule is CNC(CCOCC(F)(F)F)COC(C)C. The first-order chi connectivity index (χ1) is 7.35. The topological polar surface area (TPSA) is 30.5 Å². The van der Waals surface area contributed by atoms with E-state index in [-0.39, 0.29) is 18.8 Å². The molecule has 0 aromatic rings. The molecule has 98 valence electrons. The zero-order chi connectivity index (χ0) is 12.6. The summed E-state index contributed by atoms with van der Waals surface area (Å²) < 4.78 is 45.1. The Labute approximate surface area is 94.3 Å². The molecule has 0 bridgehead atoms. The van der Waals surface area contributed by atoms with Crippen molar-refractivity contribution in [3.05, 3.63) is 0 Å². The van der Waals surface area contributed by atoms with Crippen molar-refractivity contribution in [2.75, 3.05) is 26.9 Å². The minimum absolute atomic E-state index is 0.0237. The highest BCUT2D eigenvalue weighted by atomic mass is 19.4. The van der Waals surface area contributed by atoms with Gasteiger partial charge in [-0.3, -0.25) is 0 Å². The average Bonchev–Trinajstić information content (AvgIpc) is 2.15. The molecular weight excluding hydrogens is 223 g/mol. The second kappa shape index (κ2) is 7.86. The molecule has 0 aromatic carbocycles. The first kappa shape index (κ1) is 15.7. The molecule has 16 heavy (non-hydrogen) atoms. The first-order valence-electron chi connectivity index (χ1n) is 5.28. The highest BCUT2D eigenvalue weighted by Gasteiger charge is 2.27. The summed E-state index contributed by atoms with van der Waals surface area (Å²) in [6, 6.07) is 0.0237. The normalized spacial score (nSPS) is 14.4. The Morgan fingerprint density at radius 2 is 1.88 bits per heavy atom. The Balaban J connectivity index is 3.55. The monoisotopic (exact) mass is 243 g/mol. The van der Waals surface area contributed by atoms with Gasteiger partial charge in [0.25, 0.3) is 0 Å². The van der Waals surface area contributed by atoms with Crippen molar-refractivity contribution in [2.45, 2.75) is 38.6 Å². The second-order valence-electron chi connectivity index (χ2n) is 3.82. The number of likely N-dealkylation sites (N-methyl/N-ethyl adjacent to an activating group) is 1. The maximum Gasteiger partial charge on any atom is 0.411 e. The van der Waals surface area contributed by atoms with Crippen LogP contribution in [0, 0.1) is 0 Å². The number of nitrogens with one attached hydrogen (secondary N) is 1. The van der Waals surface area contributed by atoms with Gasteiger partial charge < -0.3 is 14.8 Å². The molecule has 1 atom stereocenters. The molecule has 0 aromatic heterocycles. The van der Waals surface area contributed by atoms with E-state index in [0.29, 0.717) is 13.0 Å². The molecule has 0 radical (unpaired) electrons. The number of rotatable bonds is 8. The maximum absolute atomic E-state index is 11.8. The lowest BCUT2D eigenvalue weighted by Gasteiger charge is -2.18. The van der Waals surface area contributed by atoms with E-state index in [2.05, 4.69) is 10.1 Å². The van der Waals surface area contributed by atoms with E-state index >= 15 is 0 Å². The van der Waals surface area contributed by atoms with Crippen LogP contribution in [0.4, 0.5) is 13.2 Å². The van der Waals surface area contributed by atoms with E-state index in [1.165, 1.54) is 0 Å². The quantitative estimate of drug-likeness (QED) is 0.661. The zero-order valence-electron chi connectivity index (χ0n) is 9.93. The molecule has 3 nitrogen and oxygen atoms in total. The van der Waals surface area contributed by atoms with Gasteiger partial charge in [0.05, 0.1) is 12.7 Å². The van der Waals surface area contributed by atoms with Crippen LogP contribution in [-0.4, -0.2) is 45.2 Å². The number of halogens is 3. The van der Waals surface area contributed by atoms with E-state index in [1.807, 2.05) is 13.8 Å². The van der Waals surface area contributed by atoms with Crippen molar-refractivity contribution in [3.63, 3.8) is 0 Å². The van der Waals surface area contributed by atoms with Crippen LogP contribution >= 0.6 is 0 Å². The standard InChI is InChI=1S/C10H20F3NO2/c1-8(2)16-6-9(14-3)4-5-15-7-10(11,12)13/h8-9,14H,4-7H2,1-3H3. The van der Waals surface area contributed by atoms with Gasteiger partial charge in [0.15, 0.2) is 0 Å². The van der Waals surface area contributed by atoms with Crippen molar-refractivity contribution in [1.29, 1.82) is 0 Å². The van der Waals surface area contributed by atoms with Crippen LogP contribution in [-0.2, 0) is 9.47 Å². The highest BCUT2D eigenvalue weighted by molar-refractivity contribution is 4.63. The Morgan fingerprint density at radius 1 is 1.25 bits per heavy atom. The van der Waals surface area contributed by atoms with Gasteiger partial charge in [-0.25, -0.2) is 0 Å². The number of hydrogen-bond donors (Lipinski definition) is 1. The number of hydrogen-bond acceptors (Lipinski definition) is 3. The van der Waals surface area contributed by atoms with Crippen LogP contribution in [0.25, 0.3) is 0 Å². The minimum atomic E-state index is -4.25. The molecule has 0 saturated carbocycles. The van der Waals surface area contributed by atoms with Gasteiger partial charge in [-0.05, 0) is 27.3 Å². The second-order valence-corrected chi connectivity index (χ2v) is 3.82. The van der Waals surface area contributed by atoms with E-state index in [4.69, 9.17) is 4.74 Å². The third-order valence-corrected chi connectivity index (χ3v) is 1.92. The predicted molar refractivity (Wildman–Crippen MR) is 55.4 cm³/mol. The molecule has 1 N–H and O–H groups in total. The summed E-state index contributed by atoms with van der Waals surface area (Å²) in [5.74, 6) is 0. The largest absolute Gasteiger partial charge is 0.411 e. The van der Waals surface area contributed by atoms with Gasteiger partial charge in [0.1, 0.15) is 6.61 Å². The minimum Gasteiger partial charge on any atom is -0.377 e. The summed E-state index contributed by atoms with van der Waals surface area (Å²) in [5, 5.41) is 2.97. The fourth-order valence-electron chi connectivity index (χ4n) is 1.03. The zero-order valence-corrected chi connectivity index (χ0v) is 9.93. The van der Waals surface area contributed by atoms with Crippen molar-refractivity contribution in [3.8, 4) is 0 Å². The summed E-state index contributed by atoms with van der Waals surface area (Å²) in [7, 11) is 1.75. The van der Waals surface area contributed by atoms with Crippen LogP contribution in [0.2, 0.25) is 0 Å². The van der Waals surface area contributed by atoms with Gasteiger partial charge in [-0.2, -0.15) is 13.2 Å². The van der Waals surface area contributed by atoms with Crippen LogP contribution in [0.1, 0.15) is 20.3 Å². The maximum atomic E-state index is 11.8. The van der Waals surface area contributed by atoms with E-state index in [0.717, 1.165) is 0 Å². The number of ether oxygens (including phenoxy) is 2. The molecular formula is C10H20F3NO2. The van der Waals surface area contributed by atoms with Crippen molar-refractivity contribution >= 4 is 0 Å². The molecule has 0 aliphatic heterocycles. The van der Waals surface area contributed by atoms with Gasteiger partial charge in [0.2, 0.25) is 0 Å². The molecule has 1 unspecified atom stereocenters. The van der Waals surface area contributed by atoms with Crippen molar-refractivity contribution in [1.82, 2.24) is 5.32 Å². The predicted octanol–water partition coefficient (Wildman–Crippen LogP) is 1.97. The third kappa shape index (κ3) is 10.2. The molecule has 6 heteroatoms. The summed E-state index contributed by atoms with van der Waals surface area (Å²) in [6.45, 7) is 3.18. The van der Waals surface area contributed by atoms with Gasteiger partial charge in [-0.1, -0.05) is 0 Å². The highest BCUT2D eigenvalue weighted by Crippen LogP contribution is 2.14. The van der Waals surface area contributed by atoms with E-state index < -0.39 is 12.8 Å². The molecule has 0 fully saturated rings. The Morgan fingerprint density at radius 3 is 2.31 bits per heavy atom. The van der Waals surface area contributed by atoms with Crippen molar-refractivity contribution < 1.29 is 22.6 Å². The van der Waals surface area contributed by atoms with Crippen LogP contribution in [0.15, 0.2) is 0 Å². The molecule has 0 saturated heterocycles. The molecule has 0 heterocycles. The third-order valence-electron chi connectivity index (χ3n) is 1.92. The Hall–Kier alpha value is -0.330. The molecule has 0 amide bonds. The summed E-state index contributed by atoms with van der Waals surface area (Å²) in [4.78, 5) is 0. The van der Waals surface area contributed by atoms with Gasteiger partial charge >= 0.3 is 6.18 Å². The molecule has 0 aliphatic carbocycles. The van der Waals surface area contributed by atoms with Gasteiger partial charge in [0, 0.05) is 12.6 Å². The fourth-order valence-corrected chi connectivity index (χ4v) is 1.03. The van der Waals surface area contributed by atoms with Crippen LogP contribution < -0.4 is 5.32 Å². The fraction of sp³-hybridized carbons (Fsp3) is 1.00. The van der Waals surface area contributed by atoms with E-state index in [9.17, 15) is 13.2 Å². The van der Waals surface area contributed by atoms with E-state index in [1.54, 1.807) is 7.05 Å². The number of alkyl halides is 3. The van der Waals surface area contributed by atoms with Gasteiger partial charge in [-0.15, -0.1) is 0 Å². The Bertz CT molecular complexity index is 174. The molecule has 0 rings (SSSR count). The average molecular weight is 243 g/mol. The van der Waals surface area contributed by atoms with Crippen molar-refractivity contribution in [2.24, 2.45) is 0 Å².